The lowest BCUT2D eigenvalue weighted by atomic mass is 10.2. The summed E-state index contributed by atoms with van der Waals surface area (Å²) in [6.07, 6.45) is 7.11. The Morgan fingerprint density at radius 2 is 2.03 bits per heavy atom. The number of nitrogens with zero attached hydrogens (tertiary/aromatic N) is 6. The van der Waals surface area contributed by atoms with Crippen LogP contribution in [0, 0.1) is 12.7 Å². The van der Waals surface area contributed by atoms with Crippen molar-refractivity contribution < 1.29 is 13.6 Å². The maximum Gasteiger partial charge on any atom is 0.275 e. The average molecular weight is 427 g/mol. The molecule has 2 saturated heterocycles. The third-order valence-electron chi connectivity index (χ3n) is 5.92. The standard InChI is InChI=1S/C21H23F2N7O/c1-13-9-30-11-15(6-17(23)20(30)26-13)27-21(31)18-7-25-19(8-24-18)29-5-3-16(12-29)28-4-2-14(22)10-28/h6-9,11,14,16H,2-5,10,12H2,1H3,(H,27,31)/t14-,16+/m1/s1. The number of nitrogens with one attached hydrogen (secondary N) is 1. The van der Waals surface area contributed by atoms with Crippen molar-refractivity contribution >= 4 is 23.1 Å². The summed E-state index contributed by atoms with van der Waals surface area (Å²) in [6.45, 7) is 4.68. The SMILES string of the molecule is Cc1cn2cc(NC(=O)c3cnc(N4CC[C@H](N5CC[C@@H](F)C5)C4)cn3)cc(F)c2n1. The zero-order chi connectivity index (χ0) is 21.5. The van der Waals surface area contributed by atoms with Crippen molar-refractivity contribution in [1.82, 2.24) is 24.3 Å². The second kappa shape index (κ2) is 7.84. The van der Waals surface area contributed by atoms with Gasteiger partial charge < -0.3 is 14.6 Å². The number of hydrogen-bond acceptors (Lipinski definition) is 6. The first kappa shape index (κ1) is 19.8. The molecule has 1 N–H and O–H groups in total. The van der Waals surface area contributed by atoms with E-state index < -0.39 is 17.9 Å². The number of aryl methyl sites for hydroxylation is 1. The molecular formula is C21H23F2N7O. The second-order valence-corrected chi connectivity index (χ2v) is 8.17. The maximum atomic E-state index is 14.2. The molecule has 3 aromatic heterocycles. The number of imidazole rings is 1. The van der Waals surface area contributed by atoms with Crippen LogP contribution in [0.25, 0.3) is 5.65 Å². The quantitative estimate of drug-likeness (QED) is 0.689. The van der Waals surface area contributed by atoms with Crippen LogP contribution in [0.4, 0.5) is 20.3 Å². The van der Waals surface area contributed by atoms with Gasteiger partial charge in [-0.05, 0) is 19.8 Å². The van der Waals surface area contributed by atoms with E-state index in [0.717, 1.165) is 26.1 Å². The van der Waals surface area contributed by atoms with Gasteiger partial charge in [-0.1, -0.05) is 0 Å². The van der Waals surface area contributed by atoms with Gasteiger partial charge in [0.25, 0.3) is 5.91 Å². The molecule has 162 valence electrons. The summed E-state index contributed by atoms with van der Waals surface area (Å²) in [7, 11) is 0. The third-order valence-corrected chi connectivity index (χ3v) is 5.92. The third kappa shape index (κ3) is 3.95. The minimum Gasteiger partial charge on any atom is -0.354 e. The van der Waals surface area contributed by atoms with Crippen LogP contribution in [0.3, 0.4) is 0 Å². The number of fused-ring (bicyclic) bond motifs is 1. The van der Waals surface area contributed by atoms with Gasteiger partial charge in [0, 0.05) is 50.7 Å². The number of likely N-dealkylation sites (tertiary alicyclic amines) is 1. The number of alkyl halides is 1. The van der Waals surface area contributed by atoms with Gasteiger partial charge in [0.2, 0.25) is 0 Å². The number of carbonyl (C=O) groups excluding carboxylic acids is 1. The molecule has 2 aliphatic heterocycles. The summed E-state index contributed by atoms with van der Waals surface area (Å²) in [4.78, 5) is 29.6. The van der Waals surface area contributed by atoms with Crippen LogP contribution in [0.5, 0.6) is 0 Å². The fraction of sp³-hybridized carbons (Fsp3) is 0.429. The van der Waals surface area contributed by atoms with Crippen molar-refractivity contribution in [3.05, 3.63) is 48.1 Å². The molecular weight excluding hydrogens is 404 g/mol. The molecule has 0 unspecified atom stereocenters. The number of halogens is 2. The number of aromatic nitrogens is 4. The van der Waals surface area contributed by atoms with Gasteiger partial charge in [-0.15, -0.1) is 0 Å². The summed E-state index contributed by atoms with van der Waals surface area (Å²) in [6, 6.07) is 1.55. The summed E-state index contributed by atoms with van der Waals surface area (Å²) < 4.78 is 29.2. The van der Waals surface area contributed by atoms with Crippen LogP contribution in [-0.4, -0.2) is 68.6 Å². The smallest absolute Gasteiger partial charge is 0.275 e. The first-order valence-electron chi connectivity index (χ1n) is 10.4. The van der Waals surface area contributed by atoms with E-state index in [2.05, 4.69) is 30.1 Å². The Bertz CT molecular complexity index is 1120. The lowest BCUT2D eigenvalue weighted by Crippen LogP contribution is -2.36. The predicted molar refractivity (Wildman–Crippen MR) is 112 cm³/mol. The van der Waals surface area contributed by atoms with Crippen molar-refractivity contribution in [2.75, 3.05) is 36.4 Å². The molecule has 3 aromatic rings. The number of hydrogen-bond donors (Lipinski definition) is 1. The molecule has 2 atom stereocenters. The molecule has 2 aliphatic rings. The van der Waals surface area contributed by atoms with E-state index in [0.29, 0.717) is 36.2 Å². The van der Waals surface area contributed by atoms with Crippen molar-refractivity contribution in [3.8, 4) is 0 Å². The Labute approximate surface area is 177 Å². The van der Waals surface area contributed by atoms with E-state index in [4.69, 9.17) is 0 Å². The van der Waals surface area contributed by atoms with E-state index in [1.807, 2.05) is 0 Å². The van der Waals surface area contributed by atoms with Gasteiger partial charge in [-0.2, -0.15) is 0 Å². The molecule has 2 fully saturated rings. The number of amides is 1. The van der Waals surface area contributed by atoms with E-state index in [9.17, 15) is 13.6 Å². The highest BCUT2D eigenvalue weighted by Crippen LogP contribution is 2.25. The Balaban J connectivity index is 1.24. The van der Waals surface area contributed by atoms with Crippen molar-refractivity contribution in [2.45, 2.75) is 32.0 Å². The van der Waals surface area contributed by atoms with Crippen molar-refractivity contribution in [2.24, 2.45) is 0 Å². The van der Waals surface area contributed by atoms with E-state index in [-0.39, 0.29) is 11.3 Å². The Morgan fingerprint density at radius 1 is 1.16 bits per heavy atom. The minimum absolute atomic E-state index is 0.140. The molecule has 0 spiro atoms. The topological polar surface area (TPSA) is 78.7 Å². The highest BCUT2D eigenvalue weighted by Gasteiger charge is 2.33. The minimum atomic E-state index is -0.723. The maximum absolute atomic E-state index is 14.2. The summed E-state index contributed by atoms with van der Waals surface area (Å²) in [5, 5.41) is 2.65. The van der Waals surface area contributed by atoms with Crippen LogP contribution < -0.4 is 10.2 Å². The number of carbonyl (C=O) groups is 1. The summed E-state index contributed by atoms with van der Waals surface area (Å²) in [5.41, 5.74) is 1.33. The van der Waals surface area contributed by atoms with Crippen LogP contribution in [0.15, 0.2) is 30.9 Å². The largest absolute Gasteiger partial charge is 0.354 e. The van der Waals surface area contributed by atoms with Gasteiger partial charge in [0.1, 0.15) is 17.7 Å². The Morgan fingerprint density at radius 3 is 2.77 bits per heavy atom. The van der Waals surface area contributed by atoms with Crippen LogP contribution in [0.2, 0.25) is 0 Å². The highest BCUT2D eigenvalue weighted by molar-refractivity contribution is 6.02. The van der Waals surface area contributed by atoms with Gasteiger partial charge >= 0.3 is 0 Å². The lowest BCUT2D eigenvalue weighted by molar-refractivity contribution is 0.102. The van der Waals surface area contributed by atoms with Crippen LogP contribution in [0.1, 0.15) is 29.0 Å². The van der Waals surface area contributed by atoms with E-state index >= 15 is 0 Å². The van der Waals surface area contributed by atoms with E-state index in [1.165, 1.54) is 16.7 Å². The normalized spacial score (nSPS) is 21.8. The van der Waals surface area contributed by atoms with Gasteiger partial charge in [0.05, 0.1) is 23.8 Å². The predicted octanol–water partition coefficient (Wildman–Crippen LogP) is 2.45. The van der Waals surface area contributed by atoms with Crippen LogP contribution in [-0.2, 0) is 0 Å². The zero-order valence-corrected chi connectivity index (χ0v) is 17.1. The van der Waals surface area contributed by atoms with Gasteiger partial charge in [-0.3, -0.25) is 9.69 Å². The molecule has 0 saturated carbocycles. The van der Waals surface area contributed by atoms with Crippen molar-refractivity contribution in [1.29, 1.82) is 0 Å². The number of pyridine rings is 1. The average Bonchev–Trinajstić information content (AvgIpc) is 3.47. The van der Waals surface area contributed by atoms with E-state index in [1.54, 1.807) is 25.5 Å². The lowest BCUT2D eigenvalue weighted by Gasteiger charge is -2.23. The molecule has 10 heteroatoms. The summed E-state index contributed by atoms with van der Waals surface area (Å²) >= 11 is 0. The molecule has 0 aromatic carbocycles. The van der Waals surface area contributed by atoms with Gasteiger partial charge in [0.15, 0.2) is 11.5 Å². The fourth-order valence-electron chi connectivity index (χ4n) is 4.37. The molecule has 0 bridgehead atoms. The fourth-order valence-corrected chi connectivity index (χ4v) is 4.37. The molecule has 1 amide bonds. The molecule has 31 heavy (non-hydrogen) atoms. The number of anilines is 2. The van der Waals surface area contributed by atoms with Crippen LogP contribution >= 0.6 is 0 Å². The number of rotatable bonds is 4. The monoisotopic (exact) mass is 427 g/mol. The Kier molecular flexibility index (Phi) is 5.01. The molecule has 0 aliphatic carbocycles. The molecule has 0 radical (unpaired) electrons. The Hall–Kier alpha value is -3.14. The molecule has 5 heterocycles. The zero-order valence-electron chi connectivity index (χ0n) is 17.1. The molecule has 8 nitrogen and oxygen atoms in total. The van der Waals surface area contributed by atoms with Gasteiger partial charge in [-0.25, -0.2) is 23.7 Å². The van der Waals surface area contributed by atoms with Crippen molar-refractivity contribution in [3.63, 3.8) is 0 Å². The first-order chi connectivity index (χ1) is 15.0. The summed E-state index contributed by atoms with van der Waals surface area (Å²) in [5.74, 6) is -0.301. The molecule has 5 rings (SSSR count). The second-order valence-electron chi connectivity index (χ2n) is 8.17. The first-order valence-corrected chi connectivity index (χ1v) is 10.4. The highest BCUT2D eigenvalue weighted by atomic mass is 19.1.